The molecule has 1 aromatic heterocycles. The molecule has 1 aromatic carbocycles. The van der Waals surface area contributed by atoms with Gasteiger partial charge in [-0.15, -0.1) is 0 Å². The van der Waals surface area contributed by atoms with Crippen LogP contribution in [0.25, 0.3) is 0 Å². The fourth-order valence-electron chi connectivity index (χ4n) is 1.80. The first-order chi connectivity index (χ1) is 10.0. The lowest BCUT2D eigenvalue weighted by Crippen LogP contribution is -2.09. The molecule has 1 heterocycles. The molecule has 0 aliphatic carbocycles. The molecule has 0 saturated carbocycles. The molecule has 0 aliphatic heterocycles. The number of hydrogen-bond acceptors (Lipinski definition) is 4. The van der Waals surface area contributed by atoms with Crippen LogP contribution in [0.5, 0.6) is 0 Å². The zero-order valence-corrected chi connectivity index (χ0v) is 12.1. The van der Waals surface area contributed by atoms with E-state index in [1.807, 2.05) is 6.92 Å². The second-order valence-electron chi connectivity index (χ2n) is 4.34. The average Bonchev–Trinajstić information content (AvgIpc) is 2.86. The fraction of sp³-hybridized carbons (Fsp3) is 0.308. The molecule has 6 nitrogen and oxygen atoms in total. The van der Waals surface area contributed by atoms with Crippen LogP contribution < -0.4 is 0 Å². The van der Waals surface area contributed by atoms with Crippen molar-refractivity contribution < 1.29 is 18.5 Å². The lowest BCUT2D eigenvalue weighted by Gasteiger charge is -2.06. The van der Waals surface area contributed by atoms with Gasteiger partial charge in [0.25, 0.3) is 0 Å². The summed E-state index contributed by atoms with van der Waals surface area (Å²) in [4.78, 5) is 14.8. The summed E-state index contributed by atoms with van der Waals surface area (Å²) >= 11 is 0. The van der Waals surface area contributed by atoms with E-state index < -0.39 is 22.6 Å². The summed E-state index contributed by atoms with van der Waals surface area (Å²) in [5.74, 6) is -1.42. The maximum Gasteiger partial charge on any atom is 0.335 e. The van der Waals surface area contributed by atoms with Gasteiger partial charge in [-0.1, -0.05) is 6.92 Å². The smallest absolute Gasteiger partial charge is 0.335 e. The first kappa shape index (κ1) is 15.3. The summed E-state index contributed by atoms with van der Waals surface area (Å²) in [6, 6.07) is 3.24. The third-order valence-electron chi connectivity index (χ3n) is 2.81. The van der Waals surface area contributed by atoms with Crippen LogP contribution in [0.3, 0.4) is 0 Å². The molecule has 0 radical (unpaired) electrons. The van der Waals surface area contributed by atoms with Gasteiger partial charge in [-0.2, -0.15) is 5.10 Å². The zero-order chi connectivity index (χ0) is 15.4. The van der Waals surface area contributed by atoms with Gasteiger partial charge in [0, 0.05) is 6.54 Å². The van der Waals surface area contributed by atoms with Gasteiger partial charge in [-0.25, -0.2) is 18.9 Å². The molecule has 112 valence electrons. The van der Waals surface area contributed by atoms with E-state index in [0.29, 0.717) is 12.4 Å². The Kier molecular flexibility index (Phi) is 4.79. The minimum absolute atomic E-state index is 0.0139. The van der Waals surface area contributed by atoms with E-state index in [2.05, 4.69) is 10.1 Å². The topological polar surface area (TPSA) is 85.1 Å². The van der Waals surface area contributed by atoms with Crippen molar-refractivity contribution in [1.82, 2.24) is 14.8 Å². The molecule has 0 spiro atoms. The normalized spacial score (nSPS) is 12.3. The molecule has 0 saturated heterocycles. The molecule has 0 aliphatic rings. The van der Waals surface area contributed by atoms with E-state index in [1.165, 1.54) is 6.33 Å². The Hall–Kier alpha value is -2.09. The van der Waals surface area contributed by atoms with Crippen LogP contribution in [-0.4, -0.2) is 30.0 Å². The van der Waals surface area contributed by atoms with Crippen molar-refractivity contribution in [2.75, 3.05) is 0 Å². The second kappa shape index (κ2) is 6.57. The average molecular weight is 311 g/mol. The van der Waals surface area contributed by atoms with Crippen LogP contribution >= 0.6 is 0 Å². The lowest BCUT2D eigenvalue weighted by molar-refractivity contribution is 0.0696. The highest BCUT2D eigenvalue weighted by molar-refractivity contribution is 7.84. The number of carboxylic acid groups (broad SMARTS) is 1. The minimum Gasteiger partial charge on any atom is -0.478 e. The highest BCUT2D eigenvalue weighted by Gasteiger charge is 2.16. The standard InChI is InChI=1S/C13H14FN3O3S/c1-2-5-17-12(15-8-16-17)7-21(20)11-6-9(13(18)19)3-4-10(11)14/h3-4,6,8H,2,5,7H2,1H3,(H,18,19). The van der Waals surface area contributed by atoms with Crippen LogP contribution in [0, 0.1) is 5.82 Å². The Labute approximate surface area is 123 Å². The predicted octanol–water partition coefficient (Wildman–Crippen LogP) is 1.83. The molecular formula is C13H14FN3O3S. The van der Waals surface area contributed by atoms with Crippen LogP contribution in [0.15, 0.2) is 29.4 Å². The van der Waals surface area contributed by atoms with Crippen molar-refractivity contribution in [3.8, 4) is 0 Å². The number of benzene rings is 1. The first-order valence-corrected chi connectivity index (χ1v) is 7.62. The van der Waals surface area contributed by atoms with Gasteiger partial charge in [0.2, 0.25) is 0 Å². The van der Waals surface area contributed by atoms with E-state index in [1.54, 1.807) is 4.68 Å². The van der Waals surface area contributed by atoms with E-state index in [0.717, 1.165) is 24.6 Å². The predicted molar refractivity (Wildman–Crippen MR) is 73.8 cm³/mol. The SMILES string of the molecule is CCCn1ncnc1CS(=O)c1cc(C(=O)O)ccc1F. The summed E-state index contributed by atoms with van der Waals surface area (Å²) in [5.41, 5.74) is -0.102. The summed E-state index contributed by atoms with van der Waals surface area (Å²) in [7, 11) is -1.73. The molecule has 0 fully saturated rings. The highest BCUT2D eigenvalue weighted by Crippen LogP contribution is 2.17. The number of carbonyl (C=O) groups is 1. The Morgan fingerprint density at radius 1 is 1.48 bits per heavy atom. The van der Waals surface area contributed by atoms with Crippen LogP contribution in [0.1, 0.15) is 29.5 Å². The number of aromatic nitrogens is 3. The number of aromatic carboxylic acids is 1. The molecule has 0 bridgehead atoms. The summed E-state index contributed by atoms with van der Waals surface area (Å²) in [6.07, 6.45) is 2.19. The van der Waals surface area contributed by atoms with Gasteiger partial charge in [0.1, 0.15) is 18.0 Å². The van der Waals surface area contributed by atoms with Crippen LogP contribution in [0.2, 0.25) is 0 Å². The van der Waals surface area contributed by atoms with E-state index >= 15 is 0 Å². The van der Waals surface area contributed by atoms with Gasteiger partial charge in [0.05, 0.1) is 27.0 Å². The van der Waals surface area contributed by atoms with Crippen molar-refractivity contribution in [2.45, 2.75) is 30.5 Å². The second-order valence-corrected chi connectivity index (χ2v) is 5.76. The first-order valence-electron chi connectivity index (χ1n) is 6.30. The Morgan fingerprint density at radius 2 is 2.24 bits per heavy atom. The van der Waals surface area contributed by atoms with Gasteiger partial charge >= 0.3 is 5.97 Å². The minimum atomic E-state index is -1.73. The molecule has 21 heavy (non-hydrogen) atoms. The Balaban J connectivity index is 2.26. The molecule has 1 unspecified atom stereocenters. The molecule has 8 heteroatoms. The number of hydrogen-bond donors (Lipinski definition) is 1. The molecule has 2 aromatic rings. The van der Waals surface area contributed by atoms with Crippen molar-refractivity contribution in [1.29, 1.82) is 0 Å². The molecule has 2 rings (SSSR count). The lowest BCUT2D eigenvalue weighted by atomic mass is 10.2. The quantitative estimate of drug-likeness (QED) is 0.879. The van der Waals surface area contributed by atoms with Gasteiger partial charge in [-0.3, -0.25) is 4.21 Å². The number of halogens is 1. The highest BCUT2D eigenvalue weighted by atomic mass is 32.2. The van der Waals surface area contributed by atoms with Crippen molar-refractivity contribution in [3.05, 3.63) is 41.7 Å². The number of rotatable bonds is 6. The maximum atomic E-state index is 13.7. The van der Waals surface area contributed by atoms with E-state index in [4.69, 9.17) is 5.11 Å². The molecule has 0 amide bonds. The van der Waals surface area contributed by atoms with Crippen molar-refractivity contribution >= 4 is 16.8 Å². The van der Waals surface area contributed by atoms with E-state index in [9.17, 15) is 13.4 Å². The number of nitrogens with zero attached hydrogens (tertiary/aromatic N) is 3. The van der Waals surface area contributed by atoms with Gasteiger partial charge in [0.15, 0.2) is 0 Å². The number of carboxylic acids is 1. The molecule has 1 N–H and O–H groups in total. The van der Waals surface area contributed by atoms with E-state index in [-0.39, 0.29) is 16.2 Å². The summed E-state index contributed by atoms with van der Waals surface area (Å²) < 4.78 is 27.6. The zero-order valence-electron chi connectivity index (χ0n) is 11.3. The van der Waals surface area contributed by atoms with Crippen molar-refractivity contribution in [3.63, 3.8) is 0 Å². The van der Waals surface area contributed by atoms with Crippen LogP contribution in [-0.2, 0) is 23.1 Å². The third kappa shape index (κ3) is 3.52. The van der Waals surface area contributed by atoms with Gasteiger partial charge < -0.3 is 5.11 Å². The molecule has 1 atom stereocenters. The van der Waals surface area contributed by atoms with Gasteiger partial charge in [-0.05, 0) is 24.6 Å². The Bertz CT molecular complexity index is 687. The Morgan fingerprint density at radius 3 is 2.90 bits per heavy atom. The maximum absolute atomic E-state index is 13.7. The number of aryl methyl sites for hydroxylation is 1. The molecular weight excluding hydrogens is 297 g/mol. The van der Waals surface area contributed by atoms with Crippen molar-refractivity contribution in [2.24, 2.45) is 0 Å². The summed E-state index contributed by atoms with van der Waals surface area (Å²) in [6.45, 7) is 2.60. The summed E-state index contributed by atoms with van der Waals surface area (Å²) in [5, 5.41) is 12.9. The monoisotopic (exact) mass is 311 g/mol. The van der Waals surface area contributed by atoms with Crippen LogP contribution in [0.4, 0.5) is 4.39 Å². The third-order valence-corrected chi connectivity index (χ3v) is 4.14. The fourth-order valence-corrected chi connectivity index (χ4v) is 2.96. The largest absolute Gasteiger partial charge is 0.478 e.